The Morgan fingerprint density at radius 1 is 1.25 bits per heavy atom. The third-order valence-electron chi connectivity index (χ3n) is 4.01. The van der Waals surface area contributed by atoms with E-state index in [9.17, 15) is 9.50 Å². The van der Waals surface area contributed by atoms with E-state index in [2.05, 4.69) is 12.6 Å². The molecule has 4 nitrogen and oxygen atoms in total. The minimum Gasteiger partial charge on any atom is -0.397 e. The van der Waals surface area contributed by atoms with Crippen LogP contribution in [0.15, 0.2) is 60.5 Å². The molecule has 1 atom stereocenters. The monoisotopic (exact) mass is 388 g/mol. The van der Waals surface area contributed by atoms with Crippen molar-refractivity contribution in [3.8, 4) is 6.07 Å². The highest BCUT2D eigenvalue weighted by Gasteiger charge is 2.31. The SMILES string of the molecule is C=C(/C=C\C(F)=C/CC)C(O)(CCCN(C)C)c1ccc(C#N)cc1.CCO. The molecule has 0 aliphatic heterocycles. The average molecular weight is 389 g/mol. The molecule has 0 aliphatic rings. The van der Waals surface area contributed by atoms with E-state index in [0.29, 0.717) is 29.5 Å². The summed E-state index contributed by atoms with van der Waals surface area (Å²) in [6.45, 7) is 8.57. The molecule has 0 saturated carbocycles. The number of benzene rings is 1. The first kappa shape index (κ1) is 25.7. The summed E-state index contributed by atoms with van der Waals surface area (Å²) in [5.74, 6) is -0.348. The highest BCUT2D eigenvalue weighted by molar-refractivity contribution is 5.41. The van der Waals surface area contributed by atoms with Crippen molar-refractivity contribution in [1.82, 2.24) is 4.90 Å². The Hall–Kier alpha value is -2.26. The second-order valence-electron chi connectivity index (χ2n) is 6.63. The largest absolute Gasteiger partial charge is 0.397 e. The van der Waals surface area contributed by atoms with Gasteiger partial charge in [-0.1, -0.05) is 31.7 Å². The average Bonchev–Trinajstić information content (AvgIpc) is 2.66. The smallest absolute Gasteiger partial charge is 0.119 e. The molecule has 0 radical (unpaired) electrons. The van der Waals surface area contributed by atoms with Crippen molar-refractivity contribution >= 4 is 0 Å². The van der Waals surface area contributed by atoms with E-state index in [0.717, 1.165) is 13.0 Å². The highest BCUT2D eigenvalue weighted by Crippen LogP contribution is 2.34. The van der Waals surface area contributed by atoms with Crippen LogP contribution in [0.25, 0.3) is 0 Å². The number of hydrogen-bond donors (Lipinski definition) is 2. The Morgan fingerprint density at radius 3 is 2.29 bits per heavy atom. The fourth-order valence-corrected chi connectivity index (χ4v) is 2.54. The molecule has 0 amide bonds. The Balaban J connectivity index is 0.00000227. The topological polar surface area (TPSA) is 67.5 Å². The number of rotatable bonds is 9. The van der Waals surface area contributed by atoms with Crippen molar-refractivity contribution in [3.05, 3.63) is 71.6 Å². The molecule has 0 bridgehead atoms. The molecule has 1 rings (SSSR count). The normalized spacial score (nSPS) is 13.6. The zero-order valence-electron chi connectivity index (χ0n) is 17.5. The van der Waals surface area contributed by atoms with Crippen LogP contribution >= 0.6 is 0 Å². The van der Waals surface area contributed by atoms with E-state index in [1.807, 2.05) is 25.9 Å². The lowest BCUT2D eigenvalue weighted by Crippen LogP contribution is -2.29. The summed E-state index contributed by atoms with van der Waals surface area (Å²) in [6.07, 6.45) is 6.13. The van der Waals surface area contributed by atoms with Crippen LogP contribution in [0.2, 0.25) is 0 Å². The third-order valence-corrected chi connectivity index (χ3v) is 4.01. The van der Waals surface area contributed by atoms with Crippen molar-refractivity contribution in [2.75, 3.05) is 27.2 Å². The van der Waals surface area contributed by atoms with Gasteiger partial charge in [0.15, 0.2) is 0 Å². The number of hydrogen-bond acceptors (Lipinski definition) is 4. The molecular formula is C23H33FN2O2. The van der Waals surface area contributed by atoms with Crippen molar-refractivity contribution in [3.63, 3.8) is 0 Å². The van der Waals surface area contributed by atoms with Gasteiger partial charge >= 0.3 is 0 Å². The molecular weight excluding hydrogens is 355 g/mol. The molecule has 0 heterocycles. The van der Waals surface area contributed by atoms with Crippen molar-refractivity contribution in [2.45, 2.75) is 38.7 Å². The molecule has 5 heteroatoms. The Morgan fingerprint density at radius 2 is 1.82 bits per heavy atom. The maximum Gasteiger partial charge on any atom is 0.119 e. The van der Waals surface area contributed by atoms with Gasteiger partial charge in [-0.15, -0.1) is 0 Å². The van der Waals surface area contributed by atoms with Crippen LogP contribution in [0.4, 0.5) is 4.39 Å². The van der Waals surface area contributed by atoms with Gasteiger partial charge in [-0.3, -0.25) is 0 Å². The van der Waals surface area contributed by atoms with Gasteiger partial charge in [-0.25, -0.2) is 4.39 Å². The Bertz CT molecular complexity index is 688. The summed E-state index contributed by atoms with van der Waals surface area (Å²) in [4.78, 5) is 2.04. The second-order valence-corrected chi connectivity index (χ2v) is 6.63. The van der Waals surface area contributed by atoms with Gasteiger partial charge in [0.25, 0.3) is 0 Å². The van der Waals surface area contributed by atoms with Gasteiger partial charge in [-0.05, 0) is 82.2 Å². The van der Waals surface area contributed by atoms with E-state index >= 15 is 0 Å². The van der Waals surface area contributed by atoms with Gasteiger partial charge in [0.05, 0.1) is 11.6 Å². The number of aliphatic hydroxyl groups excluding tert-OH is 1. The van der Waals surface area contributed by atoms with Gasteiger partial charge in [0.1, 0.15) is 11.4 Å². The second kappa shape index (κ2) is 13.8. The van der Waals surface area contributed by atoms with E-state index in [-0.39, 0.29) is 12.4 Å². The van der Waals surface area contributed by atoms with Crippen LogP contribution in [0.3, 0.4) is 0 Å². The molecule has 154 valence electrons. The molecule has 1 aromatic carbocycles. The number of allylic oxidation sites excluding steroid dienone is 3. The maximum absolute atomic E-state index is 13.6. The van der Waals surface area contributed by atoms with Gasteiger partial charge in [0.2, 0.25) is 0 Å². The van der Waals surface area contributed by atoms with Crippen LogP contribution < -0.4 is 0 Å². The van der Waals surface area contributed by atoms with Crippen molar-refractivity contribution in [2.24, 2.45) is 0 Å². The van der Waals surface area contributed by atoms with E-state index in [1.54, 1.807) is 31.2 Å². The first-order valence-corrected chi connectivity index (χ1v) is 9.46. The van der Waals surface area contributed by atoms with Crippen LogP contribution in [-0.2, 0) is 5.60 Å². The summed E-state index contributed by atoms with van der Waals surface area (Å²) in [5.41, 5.74) is 0.306. The number of halogens is 1. The number of nitriles is 1. The van der Waals surface area contributed by atoms with Gasteiger partial charge < -0.3 is 15.1 Å². The quantitative estimate of drug-likeness (QED) is 0.613. The van der Waals surface area contributed by atoms with Crippen LogP contribution in [0.1, 0.15) is 44.2 Å². The fraction of sp³-hybridized carbons (Fsp3) is 0.435. The summed E-state index contributed by atoms with van der Waals surface area (Å²) in [5, 5.41) is 27.8. The zero-order chi connectivity index (χ0) is 21.6. The minimum absolute atomic E-state index is 0.250. The summed E-state index contributed by atoms with van der Waals surface area (Å²) >= 11 is 0. The van der Waals surface area contributed by atoms with Crippen LogP contribution in [-0.4, -0.2) is 42.4 Å². The van der Waals surface area contributed by atoms with E-state index in [1.165, 1.54) is 18.2 Å². The lowest BCUT2D eigenvalue weighted by Gasteiger charge is -2.30. The van der Waals surface area contributed by atoms with Crippen molar-refractivity contribution in [1.29, 1.82) is 5.26 Å². The van der Waals surface area contributed by atoms with E-state index < -0.39 is 5.60 Å². The fourth-order valence-electron chi connectivity index (χ4n) is 2.54. The Kier molecular flexibility index (Phi) is 12.7. The van der Waals surface area contributed by atoms with Gasteiger partial charge in [0, 0.05) is 6.61 Å². The zero-order valence-corrected chi connectivity index (χ0v) is 17.5. The minimum atomic E-state index is -1.30. The molecule has 0 aliphatic carbocycles. The van der Waals surface area contributed by atoms with Gasteiger partial charge in [-0.2, -0.15) is 5.26 Å². The summed E-state index contributed by atoms with van der Waals surface area (Å²) in [7, 11) is 3.95. The number of nitrogens with zero attached hydrogens (tertiary/aromatic N) is 2. The predicted octanol–water partition coefficient (Wildman–Crippen LogP) is 4.46. The first-order valence-electron chi connectivity index (χ1n) is 9.46. The van der Waals surface area contributed by atoms with E-state index in [4.69, 9.17) is 10.4 Å². The van der Waals surface area contributed by atoms with Crippen LogP contribution in [0.5, 0.6) is 0 Å². The number of aliphatic hydroxyl groups is 2. The first-order chi connectivity index (χ1) is 13.2. The maximum atomic E-state index is 13.6. The molecule has 0 aromatic heterocycles. The molecule has 0 fully saturated rings. The summed E-state index contributed by atoms with van der Waals surface area (Å²) in [6, 6.07) is 8.86. The highest BCUT2D eigenvalue weighted by atomic mass is 19.1. The predicted molar refractivity (Wildman–Crippen MR) is 113 cm³/mol. The molecule has 2 N–H and O–H groups in total. The lowest BCUT2D eigenvalue weighted by molar-refractivity contribution is 0.0662. The third kappa shape index (κ3) is 9.09. The lowest BCUT2D eigenvalue weighted by atomic mass is 9.82. The summed E-state index contributed by atoms with van der Waals surface area (Å²) < 4.78 is 13.6. The molecule has 1 aromatic rings. The standard InChI is InChI=1S/C21H27FN2O.C2H6O/c1-5-7-20(22)13-8-17(2)21(25,14-6-15-24(3)4)19-11-9-18(16-23)10-12-19;1-2-3/h7-13,25H,2,5-6,14-15H2,1,3-4H3;3H,2H2,1H3/b13-8-,20-7+;. The Labute approximate surface area is 168 Å². The molecule has 28 heavy (non-hydrogen) atoms. The van der Waals surface area contributed by atoms with Crippen LogP contribution in [0, 0.1) is 11.3 Å². The molecule has 0 saturated heterocycles. The molecule has 1 unspecified atom stereocenters. The molecule has 0 spiro atoms. The van der Waals surface area contributed by atoms with Crippen molar-refractivity contribution < 1.29 is 14.6 Å².